The Morgan fingerprint density at radius 2 is 1.86 bits per heavy atom. The third kappa shape index (κ3) is 2.32. The first-order valence-corrected chi connectivity index (χ1v) is 6.45. The summed E-state index contributed by atoms with van der Waals surface area (Å²) in [6, 6.07) is 10.6. The van der Waals surface area contributed by atoms with Crippen LogP contribution in [-0.2, 0) is 0 Å². The average Bonchev–Trinajstić information content (AvgIpc) is 2.19. The lowest BCUT2D eigenvalue weighted by Gasteiger charge is -2.30. The van der Waals surface area contributed by atoms with Crippen LogP contribution in [0.2, 0.25) is 0 Å². The second-order valence-corrected chi connectivity index (χ2v) is 5.80. The molecule has 0 aliphatic heterocycles. The van der Waals surface area contributed by atoms with E-state index in [-0.39, 0.29) is 5.38 Å². The van der Waals surface area contributed by atoms with Crippen LogP contribution in [-0.4, -0.2) is 10.2 Å². The van der Waals surface area contributed by atoms with Gasteiger partial charge in [0.25, 0.3) is 0 Å². The molecule has 0 N–H and O–H groups in total. The Hall–Kier alpha value is -0.0100. The first kappa shape index (κ1) is 10.5. The van der Waals surface area contributed by atoms with E-state index in [0.717, 1.165) is 6.42 Å². The maximum atomic E-state index is 6.38. The Labute approximate surface area is 98.8 Å². The fourth-order valence-corrected chi connectivity index (χ4v) is 3.51. The minimum absolute atomic E-state index is 0.288. The summed E-state index contributed by atoms with van der Waals surface area (Å²) in [4.78, 5) is 0.616. The highest BCUT2D eigenvalue weighted by Crippen LogP contribution is 2.38. The Morgan fingerprint density at radius 3 is 2.50 bits per heavy atom. The van der Waals surface area contributed by atoms with Gasteiger partial charge >= 0.3 is 0 Å². The van der Waals surface area contributed by atoms with Gasteiger partial charge in [0, 0.05) is 16.1 Å². The number of benzene rings is 1. The highest BCUT2D eigenvalue weighted by atomic mass is 79.9. The summed E-state index contributed by atoms with van der Waals surface area (Å²) in [5, 5.41) is 0.288. The van der Waals surface area contributed by atoms with E-state index in [1.807, 2.05) is 0 Å². The van der Waals surface area contributed by atoms with Crippen molar-refractivity contribution in [3.63, 3.8) is 0 Å². The molecule has 0 amide bonds. The Balaban J connectivity index is 2.12. The number of rotatable bonds is 1. The molecule has 1 saturated carbocycles. The van der Waals surface area contributed by atoms with E-state index in [0.29, 0.717) is 10.7 Å². The summed E-state index contributed by atoms with van der Waals surface area (Å²) >= 11 is 10.0. The maximum absolute atomic E-state index is 6.38. The summed E-state index contributed by atoms with van der Waals surface area (Å²) < 4.78 is 0. The van der Waals surface area contributed by atoms with Gasteiger partial charge < -0.3 is 0 Å². The third-order valence-electron chi connectivity index (χ3n) is 2.94. The summed E-state index contributed by atoms with van der Waals surface area (Å²) in [5.74, 6) is 0.548. The molecule has 14 heavy (non-hydrogen) atoms. The lowest BCUT2D eigenvalue weighted by atomic mass is 9.83. The van der Waals surface area contributed by atoms with Crippen molar-refractivity contribution < 1.29 is 0 Å². The van der Waals surface area contributed by atoms with E-state index < -0.39 is 0 Å². The molecule has 3 unspecified atom stereocenters. The van der Waals surface area contributed by atoms with Crippen LogP contribution in [0.1, 0.15) is 30.7 Å². The van der Waals surface area contributed by atoms with E-state index >= 15 is 0 Å². The monoisotopic (exact) mass is 272 g/mol. The van der Waals surface area contributed by atoms with Crippen molar-refractivity contribution in [2.75, 3.05) is 0 Å². The summed E-state index contributed by atoms with van der Waals surface area (Å²) in [7, 11) is 0. The fraction of sp³-hybridized carbons (Fsp3) is 0.500. The fourth-order valence-electron chi connectivity index (χ4n) is 2.14. The average molecular weight is 274 g/mol. The molecule has 1 aliphatic rings. The van der Waals surface area contributed by atoms with Crippen LogP contribution in [0, 0.1) is 0 Å². The molecule has 0 saturated heterocycles. The van der Waals surface area contributed by atoms with Gasteiger partial charge in [0.15, 0.2) is 0 Å². The smallest absolute Gasteiger partial charge is 0.0415 e. The van der Waals surface area contributed by atoms with Crippen molar-refractivity contribution >= 4 is 27.5 Å². The van der Waals surface area contributed by atoms with Crippen LogP contribution in [0.5, 0.6) is 0 Å². The summed E-state index contributed by atoms with van der Waals surface area (Å²) in [5.41, 5.74) is 1.40. The van der Waals surface area contributed by atoms with Crippen LogP contribution < -0.4 is 0 Å². The highest BCUT2D eigenvalue weighted by Gasteiger charge is 2.28. The number of hydrogen-bond acceptors (Lipinski definition) is 0. The standard InChI is InChI=1S/C12H14BrCl/c13-10-6-7-11(12(14)8-10)9-4-2-1-3-5-9/h1-5,10-12H,6-8H2. The van der Waals surface area contributed by atoms with E-state index in [2.05, 4.69) is 46.3 Å². The second-order valence-electron chi connectivity index (χ2n) is 3.94. The first-order valence-electron chi connectivity index (χ1n) is 5.10. The van der Waals surface area contributed by atoms with Crippen LogP contribution in [0.25, 0.3) is 0 Å². The van der Waals surface area contributed by atoms with E-state index in [1.165, 1.54) is 18.4 Å². The van der Waals surface area contributed by atoms with Crippen molar-refractivity contribution in [1.29, 1.82) is 0 Å². The third-order valence-corrected chi connectivity index (χ3v) is 4.25. The molecule has 1 aromatic carbocycles. The molecule has 0 nitrogen and oxygen atoms in total. The molecule has 0 aromatic heterocycles. The molecule has 1 fully saturated rings. The molecule has 2 rings (SSSR count). The molecule has 0 bridgehead atoms. The van der Waals surface area contributed by atoms with Crippen molar-refractivity contribution in [2.24, 2.45) is 0 Å². The zero-order valence-electron chi connectivity index (χ0n) is 8.00. The largest absolute Gasteiger partial charge is 0.122 e. The first-order chi connectivity index (χ1) is 6.77. The zero-order valence-corrected chi connectivity index (χ0v) is 10.3. The Bertz CT molecular complexity index is 286. The Kier molecular flexibility index (Phi) is 3.51. The van der Waals surface area contributed by atoms with Crippen molar-refractivity contribution in [3.8, 4) is 0 Å². The second kappa shape index (κ2) is 4.67. The molecule has 1 aliphatic carbocycles. The minimum atomic E-state index is 0.288. The van der Waals surface area contributed by atoms with Gasteiger partial charge in [0.1, 0.15) is 0 Å². The summed E-state index contributed by atoms with van der Waals surface area (Å²) in [6.07, 6.45) is 3.53. The van der Waals surface area contributed by atoms with Crippen molar-refractivity contribution in [3.05, 3.63) is 35.9 Å². The molecule has 3 atom stereocenters. The van der Waals surface area contributed by atoms with Crippen LogP contribution in [0.15, 0.2) is 30.3 Å². The lowest BCUT2D eigenvalue weighted by molar-refractivity contribution is 0.464. The molecule has 1 aromatic rings. The number of halogens is 2. The molecular formula is C12H14BrCl. The lowest BCUT2D eigenvalue weighted by Crippen LogP contribution is -2.23. The van der Waals surface area contributed by atoms with Crippen LogP contribution in [0.4, 0.5) is 0 Å². The van der Waals surface area contributed by atoms with Gasteiger partial charge in [0.05, 0.1) is 0 Å². The van der Waals surface area contributed by atoms with Crippen LogP contribution in [0.3, 0.4) is 0 Å². The quantitative estimate of drug-likeness (QED) is 0.668. The van der Waals surface area contributed by atoms with Crippen molar-refractivity contribution in [2.45, 2.75) is 35.4 Å². The minimum Gasteiger partial charge on any atom is -0.122 e. The molecule has 0 spiro atoms. The maximum Gasteiger partial charge on any atom is 0.0415 e. The van der Waals surface area contributed by atoms with Gasteiger partial charge in [-0.15, -0.1) is 11.6 Å². The summed E-state index contributed by atoms with van der Waals surface area (Å²) in [6.45, 7) is 0. The van der Waals surface area contributed by atoms with Gasteiger partial charge in [-0.1, -0.05) is 46.3 Å². The zero-order chi connectivity index (χ0) is 9.97. The topological polar surface area (TPSA) is 0 Å². The number of hydrogen-bond donors (Lipinski definition) is 0. The van der Waals surface area contributed by atoms with Gasteiger partial charge in [-0.05, 0) is 24.8 Å². The SMILES string of the molecule is ClC1CC(Br)CCC1c1ccccc1. The molecule has 0 heterocycles. The Morgan fingerprint density at radius 1 is 1.14 bits per heavy atom. The van der Waals surface area contributed by atoms with Gasteiger partial charge in [-0.25, -0.2) is 0 Å². The van der Waals surface area contributed by atoms with Gasteiger partial charge in [-0.2, -0.15) is 0 Å². The molecular weight excluding hydrogens is 259 g/mol. The van der Waals surface area contributed by atoms with E-state index in [9.17, 15) is 0 Å². The molecule has 76 valence electrons. The van der Waals surface area contributed by atoms with E-state index in [4.69, 9.17) is 11.6 Å². The molecule has 0 radical (unpaired) electrons. The number of alkyl halides is 2. The normalized spacial score (nSPS) is 32.9. The van der Waals surface area contributed by atoms with Crippen molar-refractivity contribution in [1.82, 2.24) is 0 Å². The highest BCUT2D eigenvalue weighted by molar-refractivity contribution is 9.09. The molecule has 2 heteroatoms. The van der Waals surface area contributed by atoms with Crippen LogP contribution >= 0.6 is 27.5 Å². The predicted molar refractivity (Wildman–Crippen MR) is 65.4 cm³/mol. The van der Waals surface area contributed by atoms with E-state index in [1.54, 1.807) is 0 Å². The van der Waals surface area contributed by atoms with Gasteiger partial charge in [0.2, 0.25) is 0 Å². The predicted octanol–water partition coefficient (Wildman–Crippen LogP) is 4.33. The van der Waals surface area contributed by atoms with Gasteiger partial charge in [-0.3, -0.25) is 0 Å².